The lowest BCUT2D eigenvalue weighted by Crippen LogP contribution is -2.30. The number of nitriles is 1. The molecule has 2 rings (SSSR count). The van der Waals surface area contributed by atoms with E-state index < -0.39 is 17.3 Å². The molecule has 0 amide bonds. The number of aliphatic hydroxyl groups is 1. The monoisotopic (exact) mass is 311 g/mol. The van der Waals surface area contributed by atoms with Gasteiger partial charge in [0, 0.05) is 10.0 Å². The highest BCUT2D eigenvalue weighted by atomic mass is 79.9. The van der Waals surface area contributed by atoms with Crippen molar-refractivity contribution in [1.82, 2.24) is 0 Å². The van der Waals surface area contributed by atoms with Crippen molar-refractivity contribution in [2.24, 2.45) is 5.41 Å². The summed E-state index contributed by atoms with van der Waals surface area (Å²) in [6.07, 6.45) is 3.13. The first-order chi connectivity index (χ1) is 8.59. The van der Waals surface area contributed by atoms with Crippen molar-refractivity contribution in [2.45, 2.75) is 38.2 Å². The number of aliphatic hydroxyl groups excluding tert-OH is 1. The highest BCUT2D eigenvalue weighted by molar-refractivity contribution is 9.10. The van der Waals surface area contributed by atoms with Gasteiger partial charge in [0.1, 0.15) is 11.9 Å². The number of benzene rings is 1. The predicted molar refractivity (Wildman–Crippen MR) is 70.2 cm³/mol. The van der Waals surface area contributed by atoms with Crippen LogP contribution in [0, 0.1) is 22.6 Å². The average Bonchev–Trinajstić information content (AvgIpc) is 2.41. The van der Waals surface area contributed by atoms with Gasteiger partial charge in [-0.25, -0.2) is 4.39 Å². The Morgan fingerprint density at radius 3 is 2.61 bits per heavy atom. The summed E-state index contributed by atoms with van der Waals surface area (Å²) in [6, 6.07) is 6.70. The van der Waals surface area contributed by atoms with Crippen LogP contribution in [0.3, 0.4) is 0 Å². The molecule has 0 aromatic heterocycles. The fraction of sp³-hybridized carbons (Fsp3) is 0.500. The molecule has 0 saturated heterocycles. The van der Waals surface area contributed by atoms with E-state index in [-0.39, 0.29) is 5.56 Å². The van der Waals surface area contributed by atoms with Crippen LogP contribution in [0.1, 0.15) is 43.8 Å². The number of hydrogen-bond donors (Lipinski definition) is 1. The fourth-order valence-corrected chi connectivity index (χ4v) is 3.03. The first-order valence-electron chi connectivity index (χ1n) is 6.13. The Bertz CT molecular complexity index is 477. The number of halogens is 2. The van der Waals surface area contributed by atoms with Gasteiger partial charge in [-0.3, -0.25) is 0 Å². The molecule has 0 heterocycles. The molecule has 4 heteroatoms. The summed E-state index contributed by atoms with van der Waals surface area (Å²) in [5.41, 5.74) is -0.618. The predicted octanol–water partition coefficient (Wildman–Crippen LogP) is 4.10. The second kappa shape index (κ2) is 5.38. The highest BCUT2D eigenvalue weighted by Crippen LogP contribution is 2.46. The zero-order chi connectivity index (χ0) is 13.2. The smallest absolute Gasteiger partial charge is 0.129 e. The third-order valence-corrected chi connectivity index (χ3v) is 4.24. The Balaban J connectivity index is 2.37. The minimum atomic E-state index is -1.06. The van der Waals surface area contributed by atoms with Gasteiger partial charge in [0.2, 0.25) is 0 Å². The maximum Gasteiger partial charge on any atom is 0.129 e. The minimum absolute atomic E-state index is 0.216. The molecule has 1 atom stereocenters. The van der Waals surface area contributed by atoms with Crippen LogP contribution in [-0.4, -0.2) is 5.11 Å². The highest BCUT2D eigenvalue weighted by Gasteiger charge is 2.41. The summed E-state index contributed by atoms with van der Waals surface area (Å²) in [5, 5.41) is 19.8. The zero-order valence-corrected chi connectivity index (χ0v) is 11.6. The van der Waals surface area contributed by atoms with E-state index in [0.29, 0.717) is 17.3 Å². The molecule has 1 aliphatic carbocycles. The van der Waals surface area contributed by atoms with E-state index >= 15 is 0 Å². The number of nitrogens with zero attached hydrogens (tertiary/aromatic N) is 1. The molecule has 0 spiro atoms. The van der Waals surface area contributed by atoms with Crippen LogP contribution in [-0.2, 0) is 0 Å². The molecule has 1 unspecified atom stereocenters. The van der Waals surface area contributed by atoms with Crippen molar-refractivity contribution >= 4 is 15.9 Å². The van der Waals surface area contributed by atoms with Crippen LogP contribution >= 0.6 is 15.9 Å². The van der Waals surface area contributed by atoms with E-state index in [1.54, 1.807) is 12.1 Å². The van der Waals surface area contributed by atoms with Crippen LogP contribution in [0.5, 0.6) is 0 Å². The van der Waals surface area contributed by atoms with Crippen molar-refractivity contribution in [3.05, 3.63) is 34.1 Å². The molecule has 1 fully saturated rings. The molecule has 0 radical (unpaired) electrons. The summed E-state index contributed by atoms with van der Waals surface area (Å²) in [6.45, 7) is 0. The first kappa shape index (κ1) is 13.5. The van der Waals surface area contributed by atoms with Crippen LogP contribution in [0.15, 0.2) is 22.7 Å². The van der Waals surface area contributed by atoms with E-state index in [9.17, 15) is 14.8 Å². The largest absolute Gasteiger partial charge is 0.387 e. The van der Waals surface area contributed by atoms with Gasteiger partial charge >= 0.3 is 0 Å². The van der Waals surface area contributed by atoms with E-state index in [1.807, 2.05) is 0 Å². The van der Waals surface area contributed by atoms with Gasteiger partial charge < -0.3 is 5.11 Å². The Morgan fingerprint density at radius 1 is 1.33 bits per heavy atom. The normalized spacial score (nSPS) is 20.1. The van der Waals surface area contributed by atoms with Crippen LogP contribution in [0.4, 0.5) is 4.39 Å². The van der Waals surface area contributed by atoms with Gasteiger partial charge in [0.15, 0.2) is 0 Å². The summed E-state index contributed by atoms with van der Waals surface area (Å²) in [5.74, 6) is -0.453. The van der Waals surface area contributed by atoms with Crippen molar-refractivity contribution in [2.75, 3.05) is 0 Å². The van der Waals surface area contributed by atoms with Crippen LogP contribution in [0.25, 0.3) is 0 Å². The van der Waals surface area contributed by atoms with Gasteiger partial charge in [0.25, 0.3) is 0 Å². The second-order valence-electron chi connectivity index (χ2n) is 4.90. The van der Waals surface area contributed by atoms with Crippen molar-refractivity contribution in [3.8, 4) is 6.07 Å². The summed E-state index contributed by atoms with van der Waals surface area (Å²) in [7, 11) is 0. The molecule has 0 aliphatic heterocycles. The standard InChI is InChI=1S/C14H15BrFNO/c15-10-4-5-12(16)11(8-10)13(18)14(9-17)6-2-1-3-7-14/h4-5,8,13,18H,1-3,6-7H2. The molecule has 1 saturated carbocycles. The average molecular weight is 312 g/mol. The molecule has 0 bridgehead atoms. The van der Waals surface area contributed by atoms with Gasteiger partial charge in [0.05, 0.1) is 11.5 Å². The van der Waals surface area contributed by atoms with E-state index in [1.165, 1.54) is 6.07 Å². The lowest BCUT2D eigenvalue weighted by molar-refractivity contribution is 0.0333. The van der Waals surface area contributed by atoms with Crippen LogP contribution < -0.4 is 0 Å². The van der Waals surface area contributed by atoms with E-state index in [2.05, 4.69) is 22.0 Å². The third-order valence-electron chi connectivity index (χ3n) is 3.74. The Labute approximate surface area is 115 Å². The lowest BCUT2D eigenvalue weighted by atomic mass is 9.69. The SMILES string of the molecule is N#CC1(C(O)c2cc(Br)ccc2F)CCCCC1. The lowest BCUT2D eigenvalue weighted by Gasteiger charge is -2.35. The van der Waals surface area contributed by atoms with Crippen LogP contribution in [0.2, 0.25) is 0 Å². The maximum atomic E-state index is 13.8. The molecule has 1 aliphatic rings. The second-order valence-corrected chi connectivity index (χ2v) is 5.81. The quantitative estimate of drug-likeness (QED) is 0.893. The molecule has 1 N–H and O–H groups in total. The van der Waals surface area contributed by atoms with Gasteiger partial charge in [-0.1, -0.05) is 35.2 Å². The fourth-order valence-electron chi connectivity index (χ4n) is 2.65. The molecule has 2 nitrogen and oxygen atoms in total. The van der Waals surface area contributed by atoms with Crippen molar-refractivity contribution in [3.63, 3.8) is 0 Å². The summed E-state index contributed by atoms with van der Waals surface area (Å²) < 4.78 is 14.5. The van der Waals surface area contributed by atoms with Gasteiger partial charge in [-0.2, -0.15) is 5.26 Å². The summed E-state index contributed by atoms with van der Waals surface area (Å²) >= 11 is 3.27. The zero-order valence-electron chi connectivity index (χ0n) is 10.00. The molecule has 96 valence electrons. The van der Waals surface area contributed by atoms with Crippen molar-refractivity contribution in [1.29, 1.82) is 5.26 Å². The number of hydrogen-bond acceptors (Lipinski definition) is 2. The molecule has 1 aromatic carbocycles. The topological polar surface area (TPSA) is 44.0 Å². The third kappa shape index (κ3) is 2.43. The van der Waals surface area contributed by atoms with E-state index in [4.69, 9.17) is 0 Å². The Hall–Kier alpha value is -0.920. The molecule has 1 aromatic rings. The Morgan fingerprint density at radius 2 is 2.00 bits per heavy atom. The first-order valence-corrected chi connectivity index (χ1v) is 6.93. The Kier molecular flexibility index (Phi) is 4.04. The number of rotatable bonds is 2. The molecular formula is C14H15BrFNO. The van der Waals surface area contributed by atoms with Gasteiger partial charge in [-0.15, -0.1) is 0 Å². The summed E-state index contributed by atoms with van der Waals surface area (Å²) in [4.78, 5) is 0. The minimum Gasteiger partial charge on any atom is -0.387 e. The van der Waals surface area contributed by atoms with E-state index in [0.717, 1.165) is 19.3 Å². The van der Waals surface area contributed by atoms with Crippen molar-refractivity contribution < 1.29 is 9.50 Å². The molecular weight excluding hydrogens is 297 g/mol. The van der Waals surface area contributed by atoms with Gasteiger partial charge in [-0.05, 0) is 31.0 Å². The molecule has 18 heavy (non-hydrogen) atoms. The maximum absolute atomic E-state index is 13.8.